The Morgan fingerprint density at radius 2 is 1.39 bits per heavy atom. The maximum Gasteiger partial charge on any atom is 0.453 e. The van der Waals surface area contributed by atoms with Crippen molar-refractivity contribution in [1.29, 1.82) is 0 Å². The Kier molecular flexibility index (Phi) is 6.56. The topological polar surface area (TPSA) is 26.3 Å². The summed E-state index contributed by atoms with van der Waals surface area (Å²) >= 11 is 0. The standard InChI is InChI=1S/C12H13F9O2/c1-7(2)8(22)23-4-3-9(13,14)5-10(15,16)6-11(17,18)12(19,20)21/h1,3-6H2,2H3. The van der Waals surface area contributed by atoms with Crippen LogP contribution in [0.5, 0.6) is 0 Å². The summed E-state index contributed by atoms with van der Waals surface area (Å²) in [7, 11) is 0. The van der Waals surface area contributed by atoms with Crippen LogP contribution in [0, 0.1) is 0 Å². The highest BCUT2D eigenvalue weighted by Crippen LogP contribution is 2.46. The summed E-state index contributed by atoms with van der Waals surface area (Å²) in [5.74, 6) is -16.2. The number of halogens is 9. The number of rotatable bonds is 8. The summed E-state index contributed by atoms with van der Waals surface area (Å²) in [5.41, 5.74) is -0.150. The van der Waals surface area contributed by atoms with Crippen LogP contribution in [-0.2, 0) is 9.53 Å². The molecule has 0 spiro atoms. The van der Waals surface area contributed by atoms with Gasteiger partial charge in [0.2, 0.25) is 0 Å². The van der Waals surface area contributed by atoms with Crippen LogP contribution < -0.4 is 0 Å². The van der Waals surface area contributed by atoms with Crippen LogP contribution in [0.25, 0.3) is 0 Å². The minimum Gasteiger partial charge on any atom is -0.462 e. The van der Waals surface area contributed by atoms with Crippen molar-refractivity contribution in [2.24, 2.45) is 0 Å². The summed E-state index contributed by atoms with van der Waals surface area (Å²) < 4.78 is 117. The zero-order chi connectivity index (χ0) is 18.7. The highest BCUT2D eigenvalue weighted by Gasteiger charge is 2.62. The molecule has 0 bridgehead atoms. The van der Waals surface area contributed by atoms with Gasteiger partial charge in [-0.25, -0.2) is 22.4 Å². The molecule has 0 radical (unpaired) electrons. The molecule has 11 heteroatoms. The van der Waals surface area contributed by atoms with E-state index in [0.29, 0.717) is 0 Å². The molecule has 0 heterocycles. The first-order valence-electron chi connectivity index (χ1n) is 6.02. The zero-order valence-electron chi connectivity index (χ0n) is 11.8. The maximum atomic E-state index is 13.2. The molecule has 0 aliphatic carbocycles. The number of carbonyl (C=O) groups is 1. The molecule has 0 amide bonds. The average molecular weight is 360 g/mol. The predicted octanol–water partition coefficient (Wildman–Crippen LogP) is 4.74. The van der Waals surface area contributed by atoms with E-state index in [4.69, 9.17) is 0 Å². The molecule has 0 N–H and O–H groups in total. The summed E-state index contributed by atoms with van der Waals surface area (Å²) in [5, 5.41) is 0. The Morgan fingerprint density at radius 1 is 0.913 bits per heavy atom. The monoisotopic (exact) mass is 360 g/mol. The van der Waals surface area contributed by atoms with Gasteiger partial charge in [-0.2, -0.15) is 22.0 Å². The van der Waals surface area contributed by atoms with E-state index in [2.05, 4.69) is 11.3 Å². The molecule has 0 aromatic heterocycles. The van der Waals surface area contributed by atoms with Gasteiger partial charge in [-0.05, 0) is 6.92 Å². The summed E-state index contributed by atoms with van der Waals surface area (Å²) in [6.45, 7) is 3.29. The van der Waals surface area contributed by atoms with Gasteiger partial charge in [0.05, 0.1) is 19.4 Å². The highest BCUT2D eigenvalue weighted by molar-refractivity contribution is 5.86. The Balaban J connectivity index is 4.68. The molecule has 2 nitrogen and oxygen atoms in total. The van der Waals surface area contributed by atoms with E-state index in [1.54, 1.807) is 0 Å². The van der Waals surface area contributed by atoms with Crippen LogP contribution in [-0.4, -0.2) is 36.5 Å². The van der Waals surface area contributed by atoms with Crippen LogP contribution in [0.1, 0.15) is 26.2 Å². The first-order valence-corrected chi connectivity index (χ1v) is 6.02. The van der Waals surface area contributed by atoms with E-state index in [-0.39, 0.29) is 5.57 Å². The fourth-order valence-electron chi connectivity index (χ4n) is 1.37. The van der Waals surface area contributed by atoms with Gasteiger partial charge in [-0.15, -0.1) is 0 Å². The van der Waals surface area contributed by atoms with Crippen molar-refractivity contribution in [3.63, 3.8) is 0 Å². The Morgan fingerprint density at radius 3 is 1.78 bits per heavy atom. The predicted molar refractivity (Wildman–Crippen MR) is 60.5 cm³/mol. The van der Waals surface area contributed by atoms with Crippen LogP contribution in [0.3, 0.4) is 0 Å². The molecule has 0 saturated carbocycles. The van der Waals surface area contributed by atoms with Crippen molar-refractivity contribution in [2.75, 3.05) is 6.61 Å². The summed E-state index contributed by atoms with van der Waals surface area (Å²) in [4.78, 5) is 10.9. The van der Waals surface area contributed by atoms with E-state index >= 15 is 0 Å². The molecule has 0 aromatic carbocycles. The van der Waals surface area contributed by atoms with Crippen LogP contribution in [0.4, 0.5) is 39.5 Å². The number of hydrogen-bond acceptors (Lipinski definition) is 2. The smallest absolute Gasteiger partial charge is 0.453 e. The third-order valence-corrected chi connectivity index (χ3v) is 2.46. The minimum absolute atomic E-state index is 0.150. The normalized spacial score (nSPS) is 13.8. The van der Waals surface area contributed by atoms with Crippen molar-refractivity contribution in [3.05, 3.63) is 12.2 Å². The molecule has 0 saturated heterocycles. The SMILES string of the molecule is C=C(C)C(=O)OCCC(F)(F)CC(F)(F)CC(F)(F)C(F)(F)F. The lowest BCUT2D eigenvalue weighted by molar-refractivity contribution is -0.304. The number of alkyl halides is 9. The Bertz CT molecular complexity index is 440. The number of carbonyl (C=O) groups excluding carboxylic acids is 1. The van der Waals surface area contributed by atoms with Gasteiger partial charge in [0.15, 0.2) is 0 Å². The first kappa shape index (κ1) is 21.6. The number of ether oxygens (including phenoxy) is 1. The molecular weight excluding hydrogens is 347 g/mol. The van der Waals surface area contributed by atoms with Gasteiger partial charge in [0.25, 0.3) is 11.8 Å². The molecule has 0 aliphatic rings. The van der Waals surface area contributed by atoms with Crippen LogP contribution >= 0.6 is 0 Å². The number of hydrogen-bond donors (Lipinski definition) is 0. The molecule has 0 unspecified atom stereocenters. The molecule has 23 heavy (non-hydrogen) atoms. The second kappa shape index (κ2) is 7.00. The maximum absolute atomic E-state index is 13.2. The van der Waals surface area contributed by atoms with E-state index < -0.39 is 55.8 Å². The van der Waals surface area contributed by atoms with Gasteiger partial charge < -0.3 is 4.74 Å². The number of esters is 1. The van der Waals surface area contributed by atoms with Crippen molar-refractivity contribution >= 4 is 5.97 Å². The van der Waals surface area contributed by atoms with Gasteiger partial charge >= 0.3 is 18.1 Å². The van der Waals surface area contributed by atoms with Crippen LogP contribution in [0.2, 0.25) is 0 Å². The fourth-order valence-corrected chi connectivity index (χ4v) is 1.37. The lowest BCUT2D eigenvalue weighted by Gasteiger charge is -2.27. The van der Waals surface area contributed by atoms with E-state index in [1.807, 2.05) is 0 Å². The summed E-state index contributed by atoms with van der Waals surface area (Å²) in [6, 6.07) is 0. The molecule has 136 valence electrons. The second-order valence-electron chi connectivity index (χ2n) is 4.93. The van der Waals surface area contributed by atoms with Gasteiger partial charge in [-0.3, -0.25) is 0 Å². The summed E-state index contributed by atoms with van der Waals surface area (Å²) in [6.07, 6.45) is -13.4. The minimum atomic E-state index is -6.28. The van der Waals surface area contributed by atoms with E-state index in [9.17, 15) is 44.3 Å². The van der Waals surface area contributed by atoms with Crippen molar-refractivity contribution in [3.8, 4) is 0 Å². The third-order valence-electron chi connectivity index (χ3n) is 2.46. The Labute approximate surface area is 125 Å². The lowest BCUT2D eigenvalue weighted by Crippen LogP contribution is -2.43. The van der Waals surface area contributed by atoms with Crippen LogP contribution in [0.15, 0.2) is 12.2 Å². The third kappa shape index (κ3) is 7.60. The zero-order valence-corrected chi connectivity index (χ0v) is 11.8. The Hall–Kier alpha value is -1.42. The molecule has 0 atom stereocenters. The van der Waals surface area contributed by atoms with E-state index in [1.165, 1.54) is 6.92 Å². The van der Waals surface area contributed by atoms with Gasteiger partial charge in [0.1, 0.15) is 0 Å². The second-order valence-corrected chi connectivity index (χ2v) is 4.93. The van der Waals surface area contributed by atoms with Crippen molar-refractivity contribution in [2.45, 2.75) is 50.1 Å². The molecular formula is C12H13F9O2. The van der Waals surface area contributed by atoms with E-state index in [0.717, 1.165) is 0 Å². The lowest BCUT2D eigenvalue weighted by atomic mass is 10.0. The largest absolute Gasteiger partial charge is 0.462 e. The quantitative estimate of drug-likeness (QED) is 0.355. The molecule has 0 aliphatic heterocycles. The fraction of sp³-hybridized carbons (Fsp3) is 0.750. The molecule has 0 aromatic rings. The van der Waals surface area contributed by atoms with Crippen molar-refractivity contribution < 1.29 is 49.0 Å². The van der Waals surface area contributed by atoms with Gasteiger partial charge in [0, 0.05) is 12.0 Å². The average Bonchev–Trinajstić information content (AvgIpc) is 2.22. The first-order chi connectivity index (χ1) is 9.99. The van der Waals surface area contributed by atoms with Crippen molar-refractivity contribution in [1.82, 2.24) is 0 Å². The molecule has 0 rings (SSSR count). The highest BCUT2D eigenvalue weighted by atomic mass is 19.4. The molecule has 0 fully saturated rings. The van der Waals surface area contributed by atoms with Gasteiger partial charge in [-0.1, -0.05) is 6.58 Å².